The second kappa shape index (κ2) is 9.37. The van der Waals surface area contributed by atoms with Gasteiger partial charge in [0.1, 0.15) is 0 Å². The highest BCUT2D eigenvalue weighted by atomic mass is 35.5. The zero-order valence-corrected chi connectivity index (χ0v) is 13.6. The van der Waals surface area contributed by atoms with E-state index in [9.17, 15) is 9.59 Å². The van der Waals surface area contributed by atoms with Crippen LogP contribution in [0.1, 0.15) is 29.8 Å². The molecule has 0 aliphatic heterocycles. The van der Waals surface area contributed by atoms with E-state index in [-0.39, 0.29) is 30.1 Å². The van der Waals surface area contributed by atoms with Crippen molar-refractivity contribution in [3.63, 3.8) is 0 Å². The van der Waals surface area contributed by atoms with Crippen molar-refractivity contribution < 1.29 is 9.59 Å². The monoisotopic (exact) mass is 313 g/mol. The van der Waals surface area contributed by atoms with Crippen LogP contribution in [0.4, 0.5) is 0 Å². The number of halogens is 1. The molecule has 0 aromatic heterocycles. The highest BCUT2D eigenvalue weighted by Gasteiger charge is 2.12. The van der Waals surface area contributed by atoms with Crippen LogP contribution in [0.5, 0.6) is 0 Å². The van der Waals surface area contributed by atoms with Crippen LogP contribution in [-0.2, 0) is 11.3 Å². The van der Waals surface area contributed by atoms with Gasteiger partial charge in [-0.3, -0.25) is 9.59 Å². The summed E-state index contributed by atoms with van der Waals surface area (Å²) < 4.78 is 0. The number of hydrogen-bond donors (Lipinski definition) is 2. The smallest absolute Gasteiger partial charge is 0.253 e. The Labute approximate surface area is 132 Å². The first-order chi connectivity index (χ1) is 9.45. The van der Waals surface area contributed by atoms with Gasteiger partial charge in [-0.2, -0.15) is 0 Å². The van der Waals surface area contributed by atoms with E-state index in [1.54, 1.807) is 24.1 Å². The van der Waals surface area contributed by atoms with Gasteiger partial charge in [0.2, 0.25) is 5.91 Å². The molecule has 5 nitrogen and oxygen atoms in total. The summed E-state index contributed by atoms with van der Waals surface area (Å²) in [4.78, 5) is 25.1. The molecule has 0 unspecified atom stereocenters. The van der Waals surface area contributed by atoms with E-state index >= 15 is 0 Å². The van der Waals surface area contributed by atoms with Crippen LogP contribution in [0.3, 0.4) is 0 Å². The minimum atomic E-state index is -0.0626. The number of nitrogens with one attached hydrogen (secondary N) is 1. The van der Waals surface area contributed by atoms with E-state index in [4.69, 9.17) is 5.73 Å². The molecular formula is C15H24ClN3O2. The standard InChI is InChI=1S/C15H23N3O2.ClH/c1-11(2)14(19)17-8-9-18(3)15(20)13-6-4-12(10-16)5-7-13;/h4-7,11H,8-10,16H2,1-3H3,(H,17,19);1H. The summed E-state index contributed by atoms with van der Waals surface area (Å²) in [7, 11) is 1.72. The third kappa shape index (κ3) is 6.14. The molecule has 0 atom stereocenters. The van der Waals surface area contributed by atoms with E-state index in [1.165, 1.54) is 0 Å². The zero-order valence-electron chi connectivity index (χ0n) is 12.8. The zero-order chi connectivity index (χ0) is 15.1. The van der Waals surface area contributed by atoms with Crippen LogP contribution in [0.15, 0.2) is 24.3 Å². The summed E-state index contributed by atoms with van der Waals surface area (Å²) in [5.41, 5.74) is 7.14. The number of carbonyl (C=O) groups excluding carboxylic acids is 2. The van der Waals surface area contributed by atoms with Crippen LogP contribution >= 0.6 is 12.4 Å². The average molecular weight is 314 g/mol. The first-order valence-corrected chi connectivity index (χ1v) is 6.78. The van der Waals surface area contributed by atoms with Crippen LogP contribution in [0, 0.1) is 5.92 Å². The second-order valence-corrected chi connectivity index (χ2v) is 5.07. The summed E-state index contributed by atoms with van der Waals surface area (Å²) in [6.07, 6.45) is 0. The molecule has 0 aliphatic rings. The Kier molecular flexibility index (Phi) is 8.66. The maximum atomic E-state index is 12.1. The fraction of sp³-hybridized carbons (Fsp3) is 0.467. The fourth-order valence-electron chi connectivity index (χ4n) is 1.66. The van der Waals surface area contributed by atoms with Crippen molar-refractivity contribution in [3.05, 3.63) is 35.4 Å². The Hall–Kier alpha value is -1.59. The molecule has 0 fully saturated rings. The lowest BCUT2D eigenvalue weighted by Crippen LogP contribution is -2.37. The van der Waals surface area contributed by atoms with Gasteiger partial charge in [0.05, 0.1) is 0 Å². The number of nitrogens with zero attached hydrogens (tertiary/aromatic N) is 1. The third-order valence-electron chi connectivity index (χ3n) is 3.05. The van der Waals surface area contributed by atoms with Crippen molar-refractivity contribution in [1.82, 2.24) is 10.2 Å². The van der Waals surface area contributed by atoms with E-state index < -0.39 is 0 Å². The molecule has 0 heterocycles. The molecule has 6 heteroatoms. The number of hydrogen-bond acceptors (Lipinski definition) is 3. The highest BCUT2D eigenvalue weighted by molar-refractivity contribution is 5.94. The molecule has 0 radical (unpaired) electrons. The van der Waals surface area contributed by atoms with Gasteiger partial charge in [-0.1, -0.05) is 26.0 Å². The Morgan fingerprint density at radius 2 is 1.81 bits per heavy atom. The quantitative estimate of drug-likeness (QED) is 0.834. The minimum Gasteiger partial charge on any atom is -0.354 e. The Morgan fingerprint density at radius 3 is 2.29 bits per heavy atom. The number of likely N-dealkylation sites (N-methyl/N-ethyl adjacent to an activating group) is 1. The molecule has 0 bridgehead atoms. The maximum absolute atomic E-state index is 12.1. The largest absolute Gasteiger partial charge is 0.354 e. The molecule has 21 heavy (non-hydrogen) atoms. The lowest BCUT2D eigenvalue weighted by Gasteiger charge is -2.18. The number of carbonyl (C=O) groups is 2. The predicted octanol–water partition coefficient (Wildman–Crippen LogP) is 1.41. The summed E-state index contributed by atoms with van der Waals surface area (Å²) in [5, 5.41) is 2.79. The van der Waals surface area contributed by atoms with Gasteiger partial charge in [-0.05, 0) is 17.7 Å². The van der Waals surface area contributed by atoms with Gasteiger partial charge < -0.3 is 16.0 Å². The number of nitrogens with two attached hydrogens (primary N) is 1. The molecule has 1 aromatic rings. The van der Waals surface area contributed by atoms with Crippen molar-refractivity contribution in [2.45, 2.75) is 20.4 Å². The molecule has 2 amide bonds. The summed E-state index contributed by atoms with van der Waals surface area (Å²) >= 11 is 0. The molecular weight excluding hydrogens is 290 g/mol. The normalized spacial score (nSPS) is 9.95. The Bertz CT molecular complexity index is 460. The number of amides is 2. The van der Waals surface area contributed by atoms with Crippen molar-refractivity contribution >= 4 is 24.2 Å². The first kappa shape index (κ1) is 19.4. The molecule has 1 rings (SSSR count). The molecule has 0 spiro atoms. The van der Waals surface area contributed by atoms with E-state index in [0.717, 1.165) is 5.56 Å². The predicted molar refractivity (Wildman–Crippen MR) is 86.4 cm³/mol. The third-order valence-corrected chi connectivity index (χ3v) is 3.05. The second-order valence-electron chi connectivity index (χ2n) is 5.07. The van der Waals surface area contributed by atoms with E-state index in [2.05, 4.69) is 5.32 Å². The van der Waals surface area contributed by atoms with E-state index in [1.807, 2.05) is 26.0 Å². The van der Waals surface area contributed by atoms with Crippen molar-refractivity contribution in [2.75, 3.05) is 20.1 Å². The summed E-state index contributed by atoms with van der Waals surface area (Å²) in [5.74, 6) is -0.106. The highest BCUT2D eigenvalue weighted by Crippen LogP contribution is 2.06. The number of benzene rings is 1. The van der Waals surface area contributed by atoms with Crippen molar-refractivity contribution in [1.29, 1.82) is 0 Å². The minimum absolute atomic E-state index is 0. The van der Waals surface area contributed by atoms with Crippen LogP contribution in [0.2, 0.25) is 0 Å². The van der Waals surface area contributed by atoms with Gasteiger partial charge in [-0.15, -0.1) is 12.4 Å². The lowest BCUT2D eigenvalue weighted by atomic mass is 10.1. The maximum Gasteiger partial charge on any atom is 0.253 e. The SMILES string of the molecule is CC(C)C(=O)NCCN(C)C(=O)c1ccc(CN)cc1.Cl. The molecule has 0 aliphatic carbocycles. The van der Waals surface area contributed by atoms with Gasteiger partial charge in [0, 0.05) is 38.2 Å². The van der Waals surface area contributed by atoms with Gasteiger partial charge in [0.25, 0.3) is 5.91 Å². The molecule has 0 saturated heterocycles. The molecule has 1 aromatic carbocycles. The van der Waals surface area contributed by atoms with Gasteiger partial charge in [0.15, 0.2) is 0 Å². The molecule has 3 N–H and O–H groups in total. The van der Waals surface area contributed by atoms with Gasteiger partial charge >= 0.3 is 0 Å². The topological polar surface area (TPSA) is 75.4 Å². The van der Waals surface area contributed by atoms with Crippen LogP contribution in [-0.4, -0.2) is 36.9 Å². The molecule has 118 valence electrons. The van der Waals surface area contributed by atoms with E-state index in [0.29, 0.717) is 25.2 Å². The van der Waals surface area contributed by atoms with Crippen LogP contribution in [0.25, 0.3) is 0 Å². The van der Waals surface area contributed by atoms with Gasteiger partial charge in [-0.25, -0.2) is 0 Å². The fourth-order valence-corrected chi connectivity index (χ4v) is 1.66. The lowest BCUT2D eigenvalue weighted by molar-refractivity contribution is -0.124. The first-order valence-electron chi connectivity index (χ1n) is 6.78. The Balaban J connectivity index is 0.00000400. The van der Waals surface area contributed by atoms with Crippen LogP contribution < -0.4 is 11.1 Å². The Morgan fingerprint density at radius 1 is 1.24 bits per heavy atom. The average Bonchev–Trinajstić information content (AvgIpc) is 2.46. The van der Waals surface area contributed by atoms with Crippen molar-refractivity contribution in [3.8, 4) is 0 Å². The molecule has 0 saturated carbocycles. The van der Waals surface area contributed by atoms with Crippen molar-refractivity contribution in [2.24, 2.45) is 11.7 Å². The summed E-state index contributed by atoms with van der Waals surface area (Å²) in [6.45, 7) is 5.08. The number of rotatable bonds is 6. The summed E-state index contributed by atoms with van der Waals surface area (Å²) in [6, 6.07) is 7.24.